The SMILES string of the molecule is C=C(OCC)c1cc(C(=O)OC)c(NC(C)=O)cc1C(F)(F)F.COC(=O)c1cc(C(C)=O)c(C(F)(F)F)cc1NC(C)=O. The third-order valence-corrected chi connectivity index (χ3v) is 5.36. The average molecular weight is 635 g/mol. The van der Waals surface area contributed by atoms with Crippen LogP contribution in [0.25, 0.3) is 5.76 Å². The number of rotatable bonds is 8. The summed E-state index contributed by atoms with van der Waals surface area (Å²) in [4.78, 5) is 57.0. The van der Waals surface area contributed by atoms with Crippen LogP contribution in [0.5, 0.6) is 0 Å². The van der Waals surface area contributed by atoms with Crippen LogP contribution >= 0.6 is 0 Å². The van der Waals surface area contributed by atoms with E-state index in [-0.39, 0.29) is 34.9 Å². The zero-order valence-electron chi connectivity index (χ0n) is 24.3. The molecule has 0 radical (unpaired) electrons. The molecule has 0 aliphatic carbocycles. The van der Waals surface area contributed by atoms with Gasteiger partial charge in [0.15, 0.2) is 5.78 Å². The molecule has 0 aliphatic rings. The number of hydrogen-bond acceptors (Lipinski definition) is 8. The lowest BCUT2D eigenvalue weighted by atomic mass is 9.98. The molecule has 0 atom stereocenters. The van der Waals surface area contributed by atoms with Crippen molar-refractivity contribution in [2.24, 2.45) is 0 Å². The molecular formula is C28H28F6N2O8. The summed E-state index contributed by atoms with van der Waals surface area (Å²) in [6, 6.07) is 2.91. The van der Waals surface area contributed by atoms with E-state index in [1.54, 1.807) is 6.92 Å². The molecule has 44 heavy (non-hydrogen) atoms. The second-order valence-corrected chi connectivity index (χ2v) is 8.64. The molecule has 2 rings (SSSR count). The monoisotopic (exact) mass is 634 g/mol. The van der Waals surface area contributed by atoms with Crippen LogP contribution in [0.1, 0.15) is 75.5 Å². The molecule has 2 aromatic rings. The number of esters is 2. The number of halogens is 6. The summed E-state index contributed by atoms with van der Waals surface area (Å²) in [5, 5.41) is 4.31. The molecule has 2 aromatic carbocycles. The molecule has 0 bridgehead atoms. The van der Waals surface area contributed by atoms with Gasteiger partial charge in [-0.1, -0.05) is 6.58 Å². The van der Waals surface area contributed by atoms with Gasteiger partial charge in [0.2, 0.25) is 11.8 Å². The van der Waals surface area contributed by atoms with Gasteiger partial charge >= 0.3 is 24.3 Å². The van der Waals surface area contributed by atoms with Crippen molar-refractivity contribution in [2.75, 3.05) is 31.5 Å². The van der Waals surface area contributed by atoms with E-state index in [2.05, 4.69) is 26.7 Å². The molecule has 0 heterocycles. The maximum atomic E-state index is 13.3. The topological polar surface area (TPSA) is 137 Å². The smallest absolute Gasteiger partial charge is 0.417 e. The predicted octanol–water partition coefficient (Wildman–Crippen LogP) is 6.11. The highest BCUT2D eigenvalue weighted by atomic mass is 19.4. The van der Waals surface area contributed by atoms with Crippen LogP contribution in [0.15, 0.2) is 30.8 Å². The summed E-state index contributed by atoms with van der Waals surface area (Å²) in [5.41, 5.74) is -4.60. The maximum Gasteiger partial charge on any atom is 0.417 e. The van der Waals surface area contributed by atoms with Crippen molar-refractivity contribution >= 4 is 46.7 Å². The zero-order chi connectivity index (χ0) is 34.2. The molecule has 2 amide bonds. The highest BCUT2D eigenvalue weighted by molar-refractivity contribution is 6.05. The van der Waals surface area contributed by atoms with E-state index in [4.69, 9.17) is 4.74 Å². The highest BCUT2D eigenvalue weighted by Gasteiger charge is 2.37. The van der Waals surface area contributed by atoms with Crippen molar-refractivity contribution in [3.8, 4) is 0 Å². The van der Waals surface area contributed by atoms with Gasteiger partial charge in [0, 0.05) is 25.0 Å². The molecule has 0 saturated carbocycles. The molecule has 0 unspecified atom stereocenters. The lowest BCUT2D eigenvalue weighted by Gasteiger charge is -2.18. The van der Waals surface area contributed by atoms with Crippen molar-refractivity contribution in [1.82, 2.24) is 0 Å². The lowest BCUT2D eigenvalue weighted by Crippen LogP contribution is -2.18. The molecule has 0 spiro atoms. The van der Waals surface area contributed by atoms with Crippen molar-refractivity contribution in [2.45, 2.75) is 40.0 Å². The molecule has 16 heteroatoms. The Bertz CT molecular complexity index is 1470. The number of amides is 2. The quantitative estimate of drug-likeness (QED) is 0.154. The first kappa shape index (κ1) is 37.1. The molecule has 0 saturated heterocycles. The first-order valence-electron chi connectivity index (χ1n) is 12.2. The summed E-state index contributed by atoms with van der Waals surface area (Å²) in [5.74, 6) is -4.24. The Morgan fingerprint density at radius 1 is 0.682 bits per heavy atom. The summed E-state index contributed by atoms with van der Waals surface area (Å²) < 4.78 is 92.6. The number of benzene rings is 2. The van der Waals surface area contributed by atoms with E-state index in [0.717, 1.165) is 47.1 Å². The number of nitrogens with one attached hydrogen (secondary N) is 2. The fourth-order valence-electron chi connectivity index (χ4n) is 3.59. The third-order valence-electron chi connectivity index (χ3n) is 5.36. The Morgan fingerprint density at radius 3 is 1.34 bits per heavy atom. The van der Waals surface area contributed by atoms with Crippen molar-refractivity contribution in [1.29, 1.82) is 0 Å². The van der Waals surface area contributed by atoms with Crippen molar-refractivity contribution < 1.29 is 64.5 Å². The van der Waals surface area contributed by atoms with Crippen LogP contribution in [0.2, 0.25) is 0 Å². The van der Waals surface area contributed by atoms with Crippen molar-refractivity contribution in [3.63, 3.8) is 0 Å². The van der Waals surface area contributed by atoms with E-state index in [1.165, 1.54) is 0 Å². The number of alkyl halides is 6. The van der Waals surface area contributed by atoms with Gasteiger partial charge < -0.3 is 24.8 Å². The van der Waals surface area contributed by atoms with Gasteiger partial charge in [-0.2, -0.15) is 26.3 Å². The predicted molar refractivity (Wildman–Crippen MR) is 145 cm³/mol. The van der Waals surface area contributed by atoms with E-state index < -0.39 is 64.1 Å². The number of hydrogen-bond donors (Lipinski definition) is 2. The first-order valence-corrected chi connectivity index (χ1v) is 12.2. The summed E-state index contributed by atoms with van der Waals surface area (Å²) in [6.07, 6.45) is -9.53. The Labute approximate surface area is 247 Å². The number of methoxy groups -OCH3 is 2. The summed E-state index contributed by atoms with van der Waals surface area (Å²) >= 11 is 0. The van der Waals surface area contributed by atoms with Crippen LogP contribution in [-0.2, 0) is 36.2 Å². The van der Waals surface area contributed by atoms with Gasteiger partial charge in [0.1, 0.15) is 5.76 Å². The van der Waals surface area contributed by atoms with Crippen LogP contribution < -0.4 is 10.6 Å². The van der Waals surface area contributed by atoms with E-state index in [9.17, 15) is 50.3 Å². The largest absolute Gasteiger partial charge is 0.494 e. The second kappa shape index (κ2) is 15.0. The third kappa shape index (κ3) is 9.84. The Morgan fingerprint density at radius 2 is 1.05 bits per heavy atom. The van der Waals surface area contributed by atoms with Crippen LogP contribution in [0.3, 0.4) is 0 Å². The minimum Gasteiger partial charge on any atom is -0.494 e. The number of carbonyl (C=O) groups is 5. The summed E-state index contributed by atoms with van der Waals surface area (Å²) in [6.45, 7) is 8.28. The molecule has 240 valence electrons. The number of carbonyl (C=O) groups excluding carboxylic acids is 5. The normalized spacial score (nSPS) is 10.9. The fourth-order valence-corrected chi connectivity index (χ4v) is 3.59. The minimum atomic E-state index is -4.80. The molecule has 0 aliphatic heterocycles. The van der Waals surface area contributed by atoms with Crippen LogP contribution in [0, 0.1) is 0 Å². The highest BCUT2D eigenvalue weighted by Crippen LogP contribution is 2.39. The molecular weight excluding hydrogens is 606 g/mol. The van der Waals surface area contributed by atoms with E-state index >= 15 is 0 Å². The van der Waals surface area contributed by atoms with E-state index in [0.29, 0.717) is 12.1 Å². The van der Waals surface area contributed by atoms with Gasteiger partial charge in [-0.05, 0) is 38.1 Å². The standard InChI is InChI=1S/C15H16F3NO4.C13H12F3NO4/c1-5-23-8(2)10-6-11(14(21)22-4)13(19-9(3)20)7-12(10)15(16,17)18;1-6(18)8-4-9(12(20)21-3)11(17-7(2)19)5-10(8)13(14,15)16/h6-7H,2,5H2,1,3-4H3,(H,19,20);4-5H,1-3H3,(H,17,19). The Balaban J connectivity index is 0.000000442. The van der Waals surface area contributed by atoms with Gasteiger partial charge in [0.25, 0.3) is 0 Å². The van der Waals surface area contributed by atoms with Gasteiger partial charge in [-0.25, -0.2) is 9.59 Å². The zero-order valence-corrected chi connectivity index (χ0v) is 24.3. The van der Waals surface area contributed by atoms with Gasteiger partial charge in [-0.3, -0.25) is 14.4 Å². The number of Topliss-reactive ketones (excluding diaryl/α,β-unsaturated/α-hetero) is 1. The maximum absolute atomic E-state index is 13.3. The van der Waals surface area contributed by atoms with E-state index in [1.807, 2.05) is 0 Å². The summed E-state index contributed by atoms with van der Waals surface area (Å²) in [7, 11) is 2.11. The average Bonchev–Trinajstić information content (AvgIpc) is 2.90. The number of anilines is 2. The van der Waals surface area contributed by atoms with Crippen LogP contribution in [-0.4, -0.2) is 50.4 Å². The van der Waals surface area contributed by atoms with Gasteiger partial charge in [0.05, 0.1) is 54.5 Å². The van der Waals surface area contributed by atoms with Crippen LogP contribution in [0.4, 0.5) is 37.7 Å². The van der Waals surface area contributed by atoms with Gasteiger partial charge in [-0.15, -0.1) is 0 Å². The molecule has 0 fully saturated rings. The fraction of sp³-hybridized carbons (Fsp3) is 0.321. The molecule has 0 aromatic heterocycles. The lowest BCUT2D eigenvalue weighted by molar-refractivity contribution is -0.138. The first-order chi connectivity index (χ1) is 20.2. The molecule has 10 nitrogen and oxygen atoms in total. The Kier molecular flexibility index (Phi) is 12.7. The second-order valence-electron chi connectivity index (χ2n) is 8.64. The minimum absolute atomic E-state index is 0.108. The Hall–Kier alpha value is -4.89. The van der Waals surface area contributed by atoms with Crippen molar-refractivity contribution in [3.05, 3.63) is 64.2 Å². The molecule has 2 N–H and O–H groups in total. The number of ketones is 1. The number of ether oxygens (including phenoxy) is 3.